The molecule has 1 aliphatic carbocycles. The maximum Gasteiger partial charge on any atom is 0.0357 e. The van der Waals surface area contributed by atoms with Gasteiger partial charge in [-0.25, -0.2) is 0 Å². The summed E-state index contributed by atoms with van der Waals surface area (Å²) in [5.41, 5.74) is 0. The third-order valence-corrected chi connectivity index (χ3v) is 2.71. The van der Waals surface area contributed by atoms with Crippen LogP contribution in [0.3, 0.4) is 0 Å². The molecule has 0 aromatic heterocycles. The van der Waals surface area contributed by atoms with Gasteiger partial charge in [-0.3, -0.25) is 4.21 Å². The molecular formula is C7H15NOS. The minimum atomic E-state index is -0.622. The molecule has 1 fully saturated rings. The van der Waals surface area contributed by atoms with E-state index in [-0.39, 0.29) is 0 Å². The average molecular weight is 161 g/mol. The Morgan fingerprint density at radius 2 is 2.30 bits per heavy atom. The molecule has 0 amide bonds. The minimum absolute atomic E-state index is 0.622. The molecule has 1 saturated carbocycles. The summed E-state index contributed by atoms with van der Waals surface area (Å²) in [6, 6.07) is 0.739. The lowest BCUT2D eigenvalue weighted by atomic mass is 9.93. The fourth-order valence-corrected chi connectivity index (χ4v) is 1.42. The third kappa shape index (κ3) is 2.80. The van der Waals surface area contributed by atoms with Crippen molar-refractivity contribution in [2.24, 2.45) is 0 Å². The standard InChI is InChI=1S/C7H15NOS/c1-10(9)6-5-8-7-3-2-4-7/h7-8H,2-6H2,1H3. The Labute approximate surface area is 64.8 Å². The molecule has 60 valence electrons. The monoisotopic (exact) mass is 161 g/mol. The van der Waals surface area contributed by atoms with Crippen LogP contribution in [0.25, 0.3) is 0 Å². The largest absolute Gasteiger partial charge is 0.313 e. The second-order valence-electron chi connectivity index (χ2n) is 2.86. The van der Waals surface area contributed by atoms with E-state index in [0.29, 0.717) is 0 Å². The van der Waals surface area contributed by atoms with Crippen molar-refractivity contribution in [1.82, 2.24) is 5.32 Å². The van der Waals surface area contributed by atoms with Crippen LogP contribution in [-0.2, 0) is 10.8 Å². The van der Waals surface area contributed by atoms with E-state index >= 15 is 0 Å². The summed E-state index contributed by atoms with van der Waals surface area (Å²) in [5, 5.41) is 3.36. The van der Waals surface area contributed by atoms with E-state index in [1.807, 2.05) is 0 Å². The van der Waals surface area contributed by atoms with Gasteiger partial charge in [0.15, 0.2) is 0 Å². The van der Waals surface area contributed by atoms with E-state index in [9.17, 15) is 4.21 Å². The molecule has 1 N–H and O–H groups in total. The summed E-state index contributed by atoms with van der Waals surface area (Å²) < 4.78 is 10.6. The zero-order chi connectivity index (χ0) is 7.40. The van der Waals surface area contributed by atoms with Gasteiger partial charge in [-0.05, 0) is 12.8 Å². The molecule has 1 aliphatic rings. The average Bonchev–Trinajstić information content (AvgIpc) is 1.75. The first-order chi connectivity index (χ1) is 4.79. The predicted octanol–water partition coefficient (Wildman–Crippen LogP) is 0.507. The van der Waals surface area contributed by atoms with Crippen molar-refractivity contribution in [1.29, 1.82) is 0 Å². The van der Waals surface area contributed by atoms with Crippen molar-refractivity contribution < 1.29 is 4.21 Å². The molecule has 0 bridgehead atoms. The quantitative estimate of drug-likeness (QED) is 0.651. The summed E-state index contributed by atoms with van der Waals surface area (Å²) in [6.45, 7) is 0.924. The lowest BCUT2D eigenvalue weighted by molar-refractivity contribution is 0.347. The summed E-state index contributed by atoms with van der Waals surface area (Å²) in [4.78, 5) is 0. The number of hydrogen-bond donors (Lipinski definition) is 1. The first-order valence-corrected chi connectivity index (χ1v) is 5.55. The van der Waals surface area contributed by atoms with Gasteiger partial charge in [-0.15, -0.1) is 0 Å². The normalized spacial score (nSPS) is 22.1. The van der Waals surface area contributed by atoms with Crippen molar-refractivity contribution in [3.05, 3.63) is 0 Å². The van der Waals surface area contributed by atoms with E-state index in [4.69, 9.17) is 0 Å². The molecule has 3 heteroatoms. The van der Waals surface area contributed by atoms with Crippen LogP contribution in [0.15, 0.2) is 0 Å². The van der Waals surface area contributed by atoms with Gasteiger partial charge >= 0.3 is 0 Å². The lowest BCUT2D eigenvalue weighted by Gasteiger charge is -2.26. The second-order valence-corrected chi connectivity index (χ2v) is 4.41. The van der Waals surface area contributed by atoms with Crippen LogP contribution in [0.5, 0.6) is 0 Å². The molecule has 2 nitrogen and oxygen atoms in total. The first kappa shape index (κ1) is 8.21. The molecule has 1 rings (SSSR count). The van der Waals surface area contributed by atoms with E-state index in [2.05, 4.69) is 5.32 Å². The van der Waals surface area contributed by atoms with Crippen LogP contribution in [0.1, 0.15) is 19.3 Å². The fraction of sp³-hybridized carbons (Fsp3) is 1.00. The Kier molecular flexibility index (Phi) is 3.35. The third-order valence-electron chi connectivity index (χ3n) is 1.93. The van der Waals surface area contributed by atoms with Crippen molar-refractivity contribution >= 4 is 10.8 Å². The highest BCUT2D eigenvalue weighted by Gasteiger charge is 2.15. The molecule has 1 unspecified atom stereocenters. The molecule has 0 radical (unpaired) electrons. The van der Waals surface area contributed by atoms with Gasteiger partial charge in [-0.2, -0.15) is 0 Å². The second kappa shape index (κ2) is 4.09. The molecule has 0 aromatic rings. The van der Waals surface area contributed by atoms with Crippen LogP contribution >= 0.6 is 0 Å². The molecule has 0 aromatic carbocycles. The molecule has 0 aliphatic heterocycles. The van der Waals surface area contributed by atoms with Gasteiger partial charge in [0.2, 0.25) is 0 Å². The van der Waals surface area contributed by atoms with Crippen LogP contribution in [0.4, 0.5) is 0 Å². The molecular weight excluding hydrogens is 146 g/mol. The van der Waals surface area contributed by atoms with Gasteiger partial charge in [0.05, 0.1) is 0 Å². The van der Waals surface area contributed by atoms with Crippen LogP contribution in [0, 0.1) is 0 Å². The van der Waals surface area contributed by atoms with Crippen LogP contribution in [0.2, 0.25) is 0 Å². The van der Waals surface area contributed by atoms with Crippen molar-refractivity contribution in [2.45, 2.75) is 25.3 Å². The summed E-state index contributed by atoms with van der Waals surface area (Å²) in [5.74, 6) is 0.802. The lowest BCUT2D eigenvalue weighted by Crippen LogP contribution is -2.37. The van der Waals surface area contributed by atoms with E-state index in [0.717, 1.165) is 18.3 Å². The number of hydrogen-bond acceptors (Lipinski definition) is 2. The maximum absolute atomic E-state index is 10.6. The van der Waals surface area contributed by atoms with Crippen LogP contribution < -0.4 is 5.32 Å². The maximum atomic E-state index is 10.6. The fourth-order valence-electron chi connectivity index (χ4n) is 1.02. The minimum Gasteiger partial charge on any atom is -0.313 e. The van der Waals surface area contributed by atoms with E-state index < -0.39 is 10.8 Å². The Balaban J connectivity index is 1.89. The highest BCUT2D eigenvalue weighted by molar-refractivity contribution is 7.84. The zero-order valence-electron chi connectivity index (χ0n) is 6.43. The van der Waals surface area contributed by atoms with Gasteiger partial charge < -0.3 is 5.32 Å². The molecule has 0 heterocycles. The highest BCUT2D eigenvalue weighted by atomic mass is 32.2. The van der Waals surface area contributed by atoms with Gasteiger partial charge in [0.1, 0.15) is 0 Å². The number of rotatable bonds is 4. The Bertz CT molecular complexity index is 123. The Hall–Kier alpha value is 0.110. The van der Waals surface area contributed by atoms with E-state index in [1.165, 1.54) is 19.3 Å². The van der Waals surface area contributed by atoms with Crippen LogP contribution in [-0.4, -0.2) is 28.8 Å². The highest BCUT2D eigenvalue weighted by Crippen LogP contribution is 2.17. The summed E-state index contributed by atoms with van der Waals surface area (Å²) in [6.07, 6.45) is 5.75. The molecule has 0 spiro atoms. The smallest absolute Gasteiger partial charge is 0.0357 e. The molecule has 0 saturated heterocycles. The molecule has 10 heavy (non-hydrogen) atoms. The first-order valence-electron chi connectivity index (χ1n) is 3.82. The SMILES string of the molecule is CS(=O)CCNC1CCC1. The zero-order valence-corrected chi connectivity index (χ0v) is 7.25. The number of nitrogens with one attached hydrogen (secondary N) is 1. The van der Waals surface area contributed by atoms with Gasteiger partial charge in [0, 0.05) is 35.4 Å². The topological polar surface area (TPSA) is 29.1 Å². The van der Waals surface area contributed by atoms with Crippen molar-refractivity contribution in [3.8, 4) is 0 Å². The molecule has 1 atom stereocenters. The van der Waals surface area contributed by atoms with Gasteiger partial charge in [-0.1, -0.05) is 6.42 Å². The van der Waals surface area contributed by atoms with E-state index in [1.54, 1.807) is 6.26 Å². The summed E-state index contributed by atoms with van der Waals surface area (Å²) in [7, 11) is -0.622. The van der Waals surface area contributed by atoms with Crippen molar-refractivity contribution in [2.75, 3.05) is 18.6 Å². The Morgan fingerprint density at radius 1 is 1.60 bits per heavy atom. The predicted molar refractivity (Wildman–Crippen MR) is 44.6 cm³/mol. The summed E-state index contributed by atoms with van der Waals surface area (Å²) >= 11 is 0. The van der Waals surface area contributed by atoms with Crippen molar-refractivity contribution in [3.63, 3.8) is 0 Å². The van der Waals surface area contributed by atoms with Gasteiger partial charge in [0.25, 0.3) is 0 Å². The Morgan fingerprint density at radius 3 is 2.70 bits per heavy atom.